The van der Waals surface area contributed by atoms with Crippen LogP contribution in [0.5, 0.6) is 11.6 Å². The number of nitrogens with one attached hydrogen (secondary N) is 1. The molecule has 0 radical (unpaired) electrons. The Morgan fingerprint density at radius 1 is 1.35 bits per heavy atom. The van der Waals surface area contributed by atoms with E-state index in [1.54, 1.807) is 11.8 Å². The second-order valence-electron chi connectivity index (χ2n) is 4.15. The van der Waals surface area contributed by atoms with E-state index in [0.717, 1.165) is 17.2 Å². The van der Waals surface area contributed by atoms with E-state index in [-0.39, 0.29) is 5.82 Å². The molecule has 1 N–H and O–H groups in total. The number of benzene rings is 1. The van der Waals surface area contributed by atoms with E-state index >= 15 is 0 Å². The number of aromatic nitrogens is 1. The first-order valence-electron chi connectivity index (χ1n) is 6.40. The highest BCUT2D eigenvalue weighted by atomic mass is 32.2. The van der Waals surface area contributed by atoms with E-state index in [2.05, 4.69) is 10.3 Å². The van der Waals surface area contributed by atoms with Crippen molar-refractivity contribution in [2.75, 3.05) is 12.8 Å². The maximum atomic E-state index is 13.3. The van der Waals surface area contributed by atoms with Gasteiger partial charge >= 0.3 is 0 Å². The van der Waals surface area contributed by atoms with Crippen LogP contribution in [0, 0.1) is 5.82 Å². The summed E-state index contributed by atoms with van der Waals surface area (Å²) >= 11 is 1.60. The van der Waals surface area contributed by atoms with E-state index in [1.807, 2.05) is 37.4 Å². The summed E-state index contributed by atoms with van der Waals surface area (Å²) in [5, 5.41) is 3.15. The Balaban J connectivity index is 2.28. The minimum Gasteiger partial charge on any atom is -0.438 e. The van der Waals surface area contributed by atoms with E-state index in [0.29, 0.717) is 18.0 Å². The lowest BCUT2D eigenvalue weighted by atomic mass is 10.2. The molecule has 1 heterocycles. The average Bonchev–Trinajstić information content (AvgIpc) is 2.48. The highest BCUT2D eigenvalue weighted by molar-refractivity contribution is 7.98. The Bertz CT molecular complexity index is 578. The van der Waals surface area contributed by atoms with Crippen LogP contribution in [0.2, 0.25) is 0 Å². The topological polar surface area (TPSA) is 34.2 Å². The van der Waals surface area contributed by atoms with Gasteiger partial charge < -0.3 is 10.1 Å². The molecular weight excluding hydrogens is 275 g/mol. The minimum absolute atomic E-state index is 0.358. The smallest absolute Gasteiger partial charge is 0.223 e. The number of hydrogen-bond donors (Lipinski definition) is 1. The van der Waals surface area contributed by atoms with Crippen LogP contribution in [0.15, 0.2) is 41.4 Å². The molecule has 3 nitrogen and oxygen atoms in total. The van der Waals surface area contributed by atoms with Gasteiger partial charge in [0.15, 0.2) is 0 Å². The molecule has 1 aromatic carbocycles. The molecule has 0 saturated heterocycles. The van der Waals surface area contributed by atoms with Crippen LogP contribution >= 0.6 is 11.8 Å². The Kier molecular flexibility index (Phi) is 5.38. The lowest BCUT2D eigenvalue weighted by Crippen LogP contribution is -2.13. The van der Waals surface area contributed by atoms with Crippen molar-refractivity contribution in [1.82, 2.24) is 10.3 Å². The molecule has 1 aromatic heterocycles. The second kappa shape index (κ2) is 7.26. The lowest BCUT2D eigenvalue weighted by molar-refractivity contribution is 0.439. The molecule has 5 heteroatoms. The third kappa shape index (κ3) is 3.71. The standard InChI is InChI=1S/C15H17FN2OS/c1-3-17-9-11-8-12(16)10-18-15(11)19-13-6-4-5-7-14(13)20-2/h4-8,10,17H,3,9H2,1-2H3. The lowest BCUT2D eigenvalue weighted by Gasteiger charge is -2.12. The van der Waals surface area contributed by atoms with Crippen LogP contribution in [0.1, 0.15) is 12.5 Å². The summed E-state index contributed by atoms with van der Waals surface area (Å²) in [6.45, 7) is 3.33. The van der Waals surface area contributed by atoms with Crippen molar-refractivity contribution in [2.45, 2.75) is 18.4 Å². The van der Waals surface area contributed by atoms with Gasteiger partial charge in [-0.2, -0.15) is 0 Å². The van der Waals surface area contributed by atoms with E-state index in [4.69, 9.17) is 4.74 Å². The van der Waals surface area contributed by atoms with E-state index in [9.17, 15) is 4.39 Å². The first kappa shape index (κ1) is 14.8. The highest BCUT2D eigenvalue weighted by Gasteiger charge is 2.10. The fourth-order valence-corrected chi connectivity index (χ4v) is 2.28. The van der Waals surface area contributed by atoms with Gasteiger partial charge in [0.1, 0.15) is 11.6 Å². The number of para-hydroxylation sites is 1. The van der Waals surface area contributed by atoms with Gasteiger partial charge in [0.05, 0.1) is 6.20 Å². The summed E-state index contributed by atoms with van der Waals surface area (Å²) in [6.07, 6.45) is 3.16. The Hall–Kier alpha value is -1.59. The summed E-state index contributed by atoms with van der Waals surface area (Å²) in [4.78, 5) is 5.08. The number of thioether (sulfide) groups is 1. The Morgan fingerprint density at radius 3 is 2.90 bits per heavy atom. The summed E-state index contributed by atoms with van der Waals surface area (Å²) in [5.41, 5.74) is 0.711. The molecule has 2 rings (SSSR count). The van der Waals surface area contributed by atoms with Crippen molar-refractivity contribution in [3.05, 3.63) is 47.9 Å². The zero-order chi connectivity index (χ0) is 14.4. The average molecular weight is 292 g/mol. The van der Waals surface area contributed by atoms with Crippen LogP contribution in [-0.4, -0.2) is 17.8 Å². The van der Waals surface area contributed by atoms with E-state index < -0.39 is 0 Å². The number of nitrogens with zero attached hydrogens (tertiary/aromatic N) is 1. The molecule has 0 aliphatic carbocycles. The molecule has 2 aromatic rings. The maximum Gasteiger partial charge on any atom is 0.223 e. The van der Waals surface area contributed by atoms with Crippen LogP contribution in [0.3, 0.4) is 0 Å². The number of halogens is 1. The van der Waals surface area contributed by atoms with Gasteiger partial charge in [-0.3, -0.25) is 0 Å². The van der Waals surface area contributed by atoms with Crippen molar-refractivity contribution >= 4 is 11.8 Å². The maximum absolute atomic E-state index is 13.3. The van der Waals surface area contributed by atoms with Crippen LogP contribution < -0.4 is 10.1 Å². The van der Waals surface area contributed by atoms with Crippen molar-refractivity contribution < 1.29 is 9.13 Å². The summed E-state index contributed by atoms with van der Waals surface area (Å²) in [6, 6.07) is 9.17. The van der Waals surface area contributed by atoms with Crippen molar-refractivity contribution in [1.29, 1.82) is 0 Å². The normalized spacial score (nSPS) is 10.6. The zero-order valence-electron chi connectivity index (χ0n) is 11.5. The minimum atomic E-state index is -0.358. The van der Waals surface area contributed by atoms with Crippen LogP contribution in [-0.2, 0) is 6.54 Å². The SMILES string of the molecule is CCNCc1cc(F)cnc1Oc1ccccc1SC. The van der Waals surface area contributed by atoms with Gasteiger partial charge in [-0.1, -0.05) is 19.1 Å². The number of hydrogen-bond acceptors (Lipinski definition) is 4. The summed E-state index contributed by atoms with van der Waals surface area (Å²) in [7, 11) is 0. The third-order valence-electron chi connectivity index (χ3n) is 2.73. The summed E-state index contributed by atoms with van der Waals surface area (Å²) < 4.78 is 19.2. The molecule has 0 aliphatic heterocycles. The molecule has 0 saturated carbocycles. The van der Waals surface area contributed by atoms with Gasteiger partial charge in [0, 0.05) is 17.0 Å². The Morgan fingerprint density at radius 2 is 2.15 bits per heavy atom. The number of pyridine rings is 1. The van der Waals surface area contributed by atoms with Crippen molar-refractivity contribution in [2.24, 2.45) is 0 Å². The zero-order valence-corrected chi connectivity index (χ0v) is 12.3. The van der Waals surface area contributed by atoms with E-state index in [1.165, 1.54) is 12.3 Å². The predicted octanol–water partition coefficient (Wildman–Crippen LogP) is 3.84. The van der Waals surface area contributed by atoms with Gasteiger partial charge in [0.25, 0.3) is 0 Å². The predicted molar refractivity (Wildman–Crippen MR) is 79.9 cm³/mol. The molecule has 20 heavy (non-hydrogen) atoms. The van der Waals surface area contributed by atoms with Crippen molar-refractivity contribution in [3.63, 3.8) is 0 Å². The monoisotopic (exact) mass is 292 g/mol. The van der Waals surface area contributed by atoms with Gasteiger partial charge in [-0.25, -0.2) is 9.37 Å². The molecule has 106 valence electrons. The molecular formula is C15H17FN2OS. The quantitative estimate of drug-likeness (QED) is 0.820. The van der Waals surface area contributed by atoms with Crippen LogP contribution in [0.25, 0.3) is 0 Å². The molecule has 0 aliphatic rings. The summed E-state index contributed by atoms with van der Waals surface area (Å²) in [5.74, 6) is 0.814. The fourth-order valence-electron chi connectivity index (χ4n) is 1.75. The van der Waals surface area contributed by atoms with Crippen LogP contribution in [0.4, 0.5) is 4.39 Å². The van der Waals surface area contributed by atoms with Gasteiger partial charge in [0.2, 0.25) is 5.88 Å². The fraction of sp³-hybridized carbons (Fsp3) is 0.267. The number of rotatable bonds is 6. The molecule has 0 spiro atoms. The number of ether oxygens (including phenoxy) is 1. The Labute approximate surface area is 122 Å². The molecule has 0 bridgehead atoms. The van der Waals surface area contributed by atoms with Gasteiger partial charge in [-0.05, 0) is 31.0 Å². The molecule has 0 unspecified atom stereocenters. The largest absolute Gasteiger partial charge is 0.438 e. The highest BCUT2D eigenvalue weighted by Crippen LogP contribution is 2.31. The first-order valence-corrected chi connectivity index (χ1v) is 7.63. The second-order valence-corrected chi connectivity index (χ2v) is 5.00. The molecule has 0 fully saturated rings. The first-order chi connectivity index (χ1) is 9.74. The van der Waals surface area contributed by atoms with Crippen molar-refractivity contribution in [3.8, 4) is 11.6 Å². The van der Waals surface area contributed by atoms with Gasteiger partial charge in [-0.15, -0.1) is 11.8 Å². The molecule has 0 atom stereocenters. The third-order valence-corrected chi connectivity index (χ3v) is 3.51. The molecule has 0 amide bonds.